The number of rotatable bonds is 12. The zero-order chi connectivity index (χ0) is 29.8. The Morgan fingerprint density at radius 1 is 0.675 bits per heavy atom. The molecule has 0 aromatic heterocycles. The Bertz CT molecular complexity index is 1120. The van der Waals surface area contributed by atoms with E-state index >= 15 is 0 Å². The Labute approximate surface area is 249 Å². The fourth-order valence-electron chi connectivity index (χ4n) is 6.40. The molecule has 220 valence electrons. The van der Waals surface area contributed by atoms with Crippen LogP contribution in [0.2, 0.25) is 0 Å². The summed E-state index contributed by atoms with van der Waals surface area (Å²) in [6, 6.07) is 0. The number of allylic oxidation sites excluding steroid dienone is 18. The molecule has 2 aliphatic carbocycles. The minimum Gasteiger partial charge on any atom is -0.0853 e. The Hall–Kier alpha value is -2.34. The molecule has 0 saturated carbocycles. The molecule has 0 heterocycles. The van der Waals surface area contributed by atoms with Crippen LogP contribution in [-0.2, 0) is 0 Å². The van der Waals surface area contributed by atoms with E-state index in [-0.39, 0.29) is 0 Å². The SMILES string of the molecule is CC1=C(/C=C/C(C)=C\C=C/C(C)=C/C=C/C=C(\C)CC/C=C(/C)CCC2=C(C)CCCC2(C)C)C(C)(C)CCC1. The van der Waals surface area contributed by atoms with Crippen molar-refractivity contribution in [3.8, 4) is 0 Å². The highest BCUT2D eigenvalue weighted by Crippen LogP contribution is 2.43. The summed E-state index contributed by atoms with van der Waals surface area (Å²) in [5, 5.41) is 0. The predicted molar refractivity (Wildman–Crippen MR) is 182 cm³/mol. The second-order valence-electron chi connectivity index (χ2n) is 13.9. The van der Waals surface area contributed by atoms with Crippen molar-refractivity contribution in [3.63, 3.8) is 0 Å². The van der Waals surface area contributed by atoms with Crippen molar-refractivity contribution in [2.75, 3.05) is 0 Å². The van der Waals surface area contributed by atoms with E-state index < -0.39 is 0 Å². The lowest BCUT2D eigenvalue weighted by atomic mass is 9.71. The lowest BCUT2D eigenvalue weighted by molar-refractivity contribution is 0.354. The lowest BCUT2D eigenvalue weighted by Gasteiger charge is -2.35. The van der Waals surface area contributed by atoms with Crippen molar-refractivity contribution in [1.29, 1.82) is 0 Å². The van der Waals surface area contributed by atoms with Gasteiger partial charge in [0.2, 0.25) is 0 Å². The van der Waals surface area contributed by atoms with E-state index in [0.29, 0.717) is 10.8 Å². The van der Waals surface area contributed by atoms with Gasteiger partial charge in [-0.05, 0) is 122 Å². The van der Waals surface area contributed by atoms with Gasteiger partial charge in [-0.1, -0.05) is 127 Å². The summed E-state index contributed by atoms with van der Waals surface area (Å²) in [5.41, 5.74) is 12.7. The average molecular weight is 541 g/mol. The molecule has 40 heavy (non-hydrogen) atoms. The van der Waals surface area contributed by atoms with E-state index in [1.807, 2.05) is 0 Å². The lowest BCUT2D eigenvalue weighted by Crippen LogP contribution is -2.20. The van der Waals surface area contributed by atoms with Gasteiger partial charge in [0.05, 0.1) is 0 Å². The molecule has 0 amide bonds. The second-order valence-corrected chi connectivity index (χ2v) is 13.9. The van der Waals surface area contributed by atoms with Crippen molar-refractivity contribution >= 4 is 0 Å². The van der Waals surface area contributed by atoms with Crippen molar-refractivity contribution in [2.24, 2.45) is 10.8 Å². The minimum atomic E-state index is 0.298. The molecule has 0 radical (unpaired) electrons. The summed E-state index contributed by atoms with van der Waals surface area (Å²) in [7, 11) is 0. The van der Waals surface area contributed by atoms with Gasteiger partial charge in [0.1, 0.15) is 0 Å². The van der Waals surface area contributed by atoms with Crippen LogP contribution in [-0.4, -0.2) is 0 Å². The number of hydrogen-bond donors (Lipinski definition) is 0. The van der Waals surface area contributed by atoms with Crippen LogP contribution < -0.4 is 0 Å². The van der Waals surface area contributed by atoms with Crippen LogP contribution in [0.25, 0.3) is 0 Å². The van der Waals surface area contributed by atoms with E-state index in [2.05, 4.69) is 130 Å². The van der Waals surface area contributed by atoms with Gasteiger partial charge in [-0.3, -0.25) is 0 Å². The molecule has 0 bridgehead atoms. The third-order valence-electron chi connectivity index (χ3n) is 9.11. The smallest absolute Gasteiger partial charge is 0.0104 e. The topological polar surface area (TPSA) is 0 Å². The molecule has 0 N–H and O–H groups in total. The second kappa shape index (κ2) is 16.2. The van der Waals surface area contributed by atoms with Crippen molar-refractivity contribution in [2.45, 2.75) is 133 Å². The first-order valence-electron chi connectivity index (χ1n) is 15.9. The van der Waals surface area contributed by atoms with Gasteiger partial charge in [-0.15, -0.1) is 0 Å². The fourth-order valence-corrected chi connectivity index (χ4v) is 6.40. The average Bonchev–Trinajstić information content (AvgIpc) is 2.85. The molecule has 0 aliphatic heterocycles. The van der Waals surface area contributed by atoms with Crippen molar-refractivity contribution in [3.05, 3.63) is 105 Å². The van der Waals surface area contributed by atoms with Gasteiger partial charge in [0.15, 0.2) is 0 Å². The zero-order valence-corrected chi connectivity index (χ0v) is 27.8. The van der Waals surface area contributed by atoms with Crippen LogP contribution in [0.1, 0.15) is 133 Å². The predicted octanol–water partition coefficient (Wildman–Crippen LogP) is 13.1. The van der Waals surface area contributed by atoms with E-state index in [1.165, 1.54) is 73.7 Å². The highest BCUT2D eigenvalue weighted by atomic mass is 14.3. The largest absolute Gasteiger partial charge is 0.0853 e. The molecule has 0 fully saturated rings. The quantitative estimate of drug-likeness (QED) is 0.170. The van der Waals surface area contributed by atoms with Gasteiger partial charge in [-0.2, -0.15) is 0 Å². The van der Waals surface area contributed by atoms with Gasteiger partial charge in [0.25, 0.3) is 0 Å². The summed E-state index contributed by atoms with van der Waals surface area (Å²) >= 11 is 0. The van der Waals surface area contributed by atoms with Gasteiger partial charge in [-0.25, -0.2) is 0 Å². The molecule has 0 unspecified atom stereocenters. The highest BCUT2D eigenvalue weighted by molar-refractivity contribution is 5.37. The maximum Gasteiger partial charge on any atom is -0.0104 e. The van der Waals surface area contributed by atoms with Gasteiger partial charge in [0, 0.05) is 0 Å². The third-order valence-corrected chi connectivity index (χ3v) is 9.11. The van der Waals surface area contributed by atoms with Crippen molar-refractivity contribution < 1.29 is 0 Å². The molecule has 0 aromatic rings. The van der Waals surface area contributed by atoms with Crippen LogP contribution in [0.5, 0.6) is 0 Å². The normalized spacial score (nSPS) is 21.6. The van der Waals surface area contributed by atoms with Crippen molar-refractivity contribution in [1.82, 2.24) is 0 Å². The van der Waals surface area contributed by atoms with Gasteiger partial charge >= 0.3 is 0 Å². The molecule has 0 heteroatoms. The Morgan fingerprint density at radius 2 is 1.27 bits per heavy atom. The highest BCUT2D eigenvalue weighted by Gasteiger charge is 2.28. The van der Waals surface area contributed by atoms with E-state index in [0.717, 1.165) is 12.8 Å². The summed E-state index contributed by atoms with van der Waals surface area (Å²) < 4.78 is 0. The molecule has 2 aliphatic rings. The molecule has 0 nitrogen and oxygen atoms in total. The first kappa shape index (κ1) is 33.9. The van der Waals surface area contributed by atoms with Crippen LogP contribution in [0.4, 0.5) is 0 Å². The molecule has 0 aromatic carbocycles. The first-order valence-corrected chi connectivity index (χ1v) is 15.9. The molecular weight excluding hydrogens is 480 g/mol. The summed E-state index contributed by atoms with van der Waals surface area (Å²) in [6.45, 7) is 23.2. The maximum absolute atomic E-state index is 2.46. The number of hydrogen-bond acceptors (Lipinski definition) is 0. The zero-order valence-electron chi connectivity index (χ0n) is 27.8. The Balaban J connectivity index is 1.79. The third kappa shape index (κ3) is 11.6. The molecular formula is C40H60. The summed E-state index contributed by atoms with van der Waals surface area (Å²) in [6.07, 6.45) is 35.0. The van der Waals surface area contributed by atoms with Gasteiger partial charge < -0.3 is 0 Å². The Morgan fingerprint density at radius 3 is 1.95 bits per heavy atom. The fraction of sp³-hybridized carbons (Fsp3) is 0.550. The maximum atomic E-state index is 2.46. The van der Waals surface area contributed by atoms with E-state index in [4.69, 9.17) is 0 Å². The van der Waals surface area contributed by atoms with Crippen LogP contribution in [0.15, 0.2) is 105 Å². The standard InChI is InChI=1S/C40H60/c1-31(19-13-21-33(3)25-27-37-35(5)23-15-29-39(37,7)8)17-11-12-18-32(2)20-14-22-34(4)26-28-38-36(6)24-16-30-40(38,9)10/h11-13,17-19,21-22,25,27H,14-16,20,23-24,26,28-30H2,1-10H3/b12-11+,19-13-,27-25+,31-17+,32-18+,33-21-,34-22-. The molecule has 0 atom stereocenters. The van der Waals surface area contributed by atoms with E-state index in [1.54, 1.807) is 22.3 Å². The first-order chi connectivity index (χ1) is 18.8. The van der Waals surface area contributed by atoms with Crippen LogP contribution in [0.3, 0.4) is 0 Å². The Kier molecular flexibility index (Phi) is 13.7. The van der Waals surface area contributed by atoms with Crippen LogP contribution in [0, 0.1) is 10.8 Å². The minimum absolute atomic E-state index is 0.298. The molecule has 0 saturated heterocycles. The monoisotopic (exact) mass is 540 g/mol. The summed E-state index contributed by atoms with van der Waals surface area (Å²) in [4.78, 5) is 0. The molecule has 0 spiro atoms. The summed E-state index contributed by atoms with van der Waals surface area (Å²) in [5.74, 6) is 0. The van der Waals surface area contributed by atoms with E-state index in [9.17, 15) is 0 Å². The van der Waals surface area contributed by atoms with Crippen LogP contribution >= 0.6 is 0 Å². The molecule has 2 rings (SSSR count).